The smallest absolute Gasteiger partial charge is 0.303 e. The molecule has 38 heavy (non-hydrogen) atoms. The molecule has 0 heterocycles. The zero-order valence-electron chi connectivity index (χ0n) is 26.1. The highest BCUT2D eigenvalue weighted by atomic mass is 31.2. The van der Waals surface area contributed by atoms with Gasteiger partial charge in [0.2, 0.25) is 0 Å². The molecule has 6 heteroatoms. The number of hydrogen-bond acceptors (Lipinski definition) is 4. The van der Waals surface area contributed by atoms with Crippen molar-refractivity contribution in [3.8, 4) is 0 Å². The number of nitrogens with zero attached hydrogens (tertiary/aromatic N) is 1. The number of phosphoric ester groups is 1. The SMILES string of the molecule is CCCCCCCCCCN(CCCCCCCCCC)CCCCOP(=O)(O)OCCCCCCCC. The van der Waals surface area contributed by atoms with Gasteiger partial charge in [0, 0.05) is 0 Å². The van der Waals surface area contributed by atoms with Gasteiger partial charge in [0.25, 0.3) is 0 Å². The van der Waals surface area contributed by atoms with E-state index in [2.05, 4.69) is 25.7 Å². The third kappa shape index (κ3) is 29.1. The van der Waals surface area contributed by atoms with Crippen molar-refractivity contribution in [1.82, 2.24) is 4.90 Å². The molecule has 0 fully saturated rings. The molecule has 1 unspecified atom stereocenters. The van der Waals surface area contributed by atoms with Crippen molar-refractivity contribution in [1.29, 1.82) is 0 Å². The molecule has 1 N–H and O–H groups in total. The van der Waals surface area contributed by atoms with Crippen molar-refractivity contribution in [2.75, 3.05) is 32.8 Å². The first-order chi connectivity index (χ1) is 18.6. The van der Waals surface area contributed by atoms with Crippen LogP contribution >= 0.6 is 7.82 Å². The highest BCUT2D eigenvalue weighted by Crippen LogP contribution is 2.43. The third-order valence-electron chi connectivity index (χ3n) is 7.53. The predicted molar refractivity (Wildman–Crippen MR) is 166 cm³/mol. The van der Waals surface area contributed by atoms with Crippen LogP contribution in [-0.2, 0) is 13.6 Å². The summed E-state index contributed by atoms with van der Waals surface area (Å²) in [5.74, 6) is 0. The molecule has 0 aliphatic heterocycles. The van der Waals surface area contributed by atoms with Gasteiger partial charge in [0.05, 0.1) is 13.2 Å². The van der Waals surface area contributed by atoms with Crippen LogP contribution in [-0.4, -0.2) is 42.6 Å². The Hall–Kier alpha value is 0.0700. The van der Waals surface area contributed by atoms with Crippen LogP contribution in [0.3, 0.4) is 0 Å². The maximum absolute atomic E-state index is 12.1. The van der Waals surface area contributed by atoms with Crippen LogP contribution in [0.4, 0.5) is 0 Å². The highest BCUT2D eigenvalue weighted by Gasteiger charge is 2.20. The lowest BCUT2D eigenvalue weighted by Crippen LogP contribution is -2.27. The van der Waals surface area contributed by atoms with Gasteiger partial charge in [0.15, 0.2) is 0 Å². The van der Waals surface area contributed by atoms with E-state index in [0.717, 1.165) is 32.2 Å². The predicted octanol–water partition coefficient (Wildman–Crippen LogP) is 10.8. The zero-order valence-corrected chi connectivity index (χ0v) is 27.0. The van der Waals surface area contributed by atoms with Crippen molar-refractivity contribution in [3.63, 3.8) is 0 Å². The molecule has 0 amide bonds. The molecule has 1 atom stereocenters. The Balaban J connectivity index is 4.06. The Morgan fingerprint density at radius 2 is 0.711 bits per heavy atom. The van der Waals surface area contributed by atoms with E-state index in [4.69, 9.17) is 9.05 Å². The van der Waals surface area contributed by atoms with Gasteiger partial charge >= 0.3 is 7.82 Å². The average Bonchev–Trinajstić information content (AvgIpc) is 2.90. The third-order valence-corrected chi connectivity index (χ3v) is 8.55. The van der Waals surface area contributed by atoms with Gasteiger partial charge in [-0.25, -0.2) is 4.57 Å². The lowest BCUT2D eigenvalue weighted by molar-refractivity contribution is 0.143. The van der Waals surface area contributed by atoms with E-state index < -0.39 is 7.82 Å². The monoisotopic (exact) mass is 561 g/mol. The van der Waals surface area contributed by atoms with Crippen LogP contribution in [0.1, 0.15) is 175 Å². The minimum absolute atomic E-state index is 0.299. The molecule has 0 aromatic heterocycles. The molecular weight excluding hydrogens is 493 g/mol. The van der Waals surface area contributed by atoms with E-state index in [0.29, 0.717) is 13.2 Å². The van der Waals surface area contributed by atoms with Gasteiger partial charge in [0.1, 0.15) is 0 Å². The summed E-state index contributed by atoms with van der Waals surface area (Å²) >= 11 is 0. The minimum atomic E-state index is -3.90. The van der Waals surface area contributed by atoms with Crippen LogP contribution in [0.5, 0.6) is 0 Å². The fourth-order valence-corrected chi connectivity index (χ4v) is 5.79. The summed E-state index contributed by atoms with van der Waals surface area (Å²) < 4.78 is 22.5. The van der Waals surface area contributed by atoms with E-state index in [1.165, 1.54) is 142 Å². The van der Waals surface area contributed by atoms with Gasteiger partial charge in [-0.2, -0.15) is 0 Å². The first-order valence-electron chi connectivity index (χ1n) is 16.9. The second-order valence-corrected chi connectivity index (χ2v) is 12.9. The second kappa shape index (κ2) is 30.0. The number of phosphoric acid groups is 1. The first-order valence-corrected chi connectivity index (χ1v) is 18.4. The van der Waals surface area contributed by atoms with Gasteiger partial charge in [-0.3, -0.25) is 9.05 Å². The Kier molecular flexibility index (Phi) is 30.1. The molecule has 0 aromatic rings. The molecule has 0 aliphatic carbocycles. The Labute approximate surface area is 238 Å². The van der Waals surface area contributed by atoms with E-state index in [1.807, 2.05) is 0 Å². The molecule has 0 saturated heterocycles. The number of rotatable bonds is 32. The average molecular weight is 562 g/mol. The lowest BCUT2D eigenvalue weighted by Gasteiger charge is -2.22. The molecule has 0 bridgehead atoms. The van der Waals surface area contributed by atoms with Crippen LogP contribution in [0, 0.1) is 0 Å². The summed E-state index contributed by atoms with van der Waals surface area (Å²) in [7, 11) is -3.90. The summed E-state index contributed by atoms with van der Waals surface area (Å²) in [5, 5.41) is 0. The molecule has 0 spiro atoms. The van der Waals surface area contributed by atoms with Gasteiger partial charge in [-0.05, 0) is 51.7 Å². The highest BCUT2D eigenvalue weighted by molar-refractivity contribution is 7.47. The Morgan fingerprint density at radius 1 is 0.447 bits per heavy atom. The van der Waals surface area contributed by atoms with Gasteiger partial charge < -0.3 is 9.79 Å². The van der Waals surface area contributed by atoms with Crippen molar-refractivity contribution >= 4 is 7.82 Å². The van der Waals surface area contributed by atoms with Crippen LogP contribution < -0.4 is 0 Å². The fourth-order valence-electron chi connectivity index (χ4n) is 4.99. The summed E-state index contributed by atoms with van der Waals surface area (Å²) in [4.78, 5) is 12.6. The minimum Gasteiger partial charge on any atom is -0.303 e. The summed E-state index contributed by atoms with van der Waals surface area (Å²) in [6, 6.07) is 0. The summed E-state index contributed by atoms with van der Waals surface area (Å²) in [6.07, 6.45) is 30.3. The summed E-state index contributed by atoms with van der Waals surface area (Å²) in [6.45, 7) is 10.8. The van der Waals surface area contributed by atoms with E-state index in [-0.39, 0.29) is 0 Å². The van der Waals surface area contributed by atoms with Crippen molar-refractivity contribution < 1.29 is 18.5 Å². The lowest BCUT2D eigenvalue weighted by atomic mass is 10.1. The number of unbranched alkanes of at least 4 members (excludes halogenated alkanes) is 20. The first kappa shape index (κ1) is 38.1. The molecule has 0 radical (unpaired) electrons. The zero-order chi connectivity index (χ0) is 28.0. The van der Waals surface area contributed by atoms with Crippen molar-refractivity contribution in [2.24, 2.45) is 0 Å². The molecule has 0 aromatic carbocycles. The Morgan fingerprint density at radius 3 is 1.08 bits per heavy atom. The molecular formula is C32H68NO4P. The standard InChI is InChI=1S/C32H68NO4P/c1-4-7-10-13-16-18-20-23-28-33(29-24-21-19-17-14-11-8-5-2)30-25-27-32-37-38(34,35)36-31-26-22-15-12-9-6-3/h4-32H2,1-3H3,(H,34,35). The molecule has 230 valence electrons. The van der Waals surface area contributed by atoms with Gasteiger partial charge in [-0.15, -0.1) is 0 Å². The Bertz CT molecular complexity index is 486. The second-order valence-electron chi connectivity index (χ2n) is 11.4. The van der Waals surface area contributed by atoms with E-state index >= 15 is 0 Å². The quantitative estimate of drug-likeness (QED) is 0.0654. The molecule has 0 aliphatic rings. The normalized spacial score (nSPS) is 13.4. The van der Waals surface area contributed by atoms with Crippen LogP contribution in [0.25, 0.3) is 0 Å². The van der Waals surface area contributed by atoms with E-state index in [9.17, 15) is 9.46 Å². The topological polar surface area (TPSA) is 59.0 Å². The molecule has 0 saturated carbocycles. The number of hydrogen-bond donors (Lipinski definition) is 1. The molecule has 0 rings (SSSR count). The van der Waals surface area contributed by atoms with Crippen LogP contribution in [0.2, 0.25) is 0 Å². The maximum Gasteiger partial charge on any atom is 0.472 e. The van der Waals surface area contributed by atoms with Crippen molar-refractivity contribution in [2.45, 2.75) is 175 Å². The maximum atomic E-state index is 12.1. The van der Waals surface area contributed by atoms with Crippen LogP contribution in [0.15, 0.2) is 0 Å². The molecule has 5 nitrogen and oxygen atoms in total. The largest absolute Gasteiger partial charge is 0.472 e. The van der Waals surface area contributed by atoms with Gasteiger partial charge in [-0.1, -0.05) is 143 Å². The fraction of sp³-hybridized carbons (Fsp3) is 1.00. The van der Waals surface area contributed by atoms with E-state index in [1.54, 1.807) is 0 Å². The summed E-state index contributed by atoms with van der Waals surface area (Å²) in [5.41, 5.74) is 0. The van der Waals surface area contributed by atoms with Crippen molar-refractivity contribution in [3.05, 3.63) is 0 Å².